The molecule has 1 atom stereocenters. The molecule has 1 amide bonds. The third kappa shape index (κ3) is 1.93. The van der Waals surface area contributed by atoms with E-state index in [0.29, 0.717) is 24.0 Å². The number of carbonyl (C=O) groups is 1. The van der Waals surface area contributed by atoms with Crippen LogP contribution in [0.3, 0.4) is 0 Å². The Bertz CT molecular complexity index is 647. The van der Waals surface area contributed by atoms with Crippen LogP contribution < -0.4 is 11.1 Å². The highest BCUT2D eigenvalue weighted by molar-refractivity contribution is 6.01. The van der Waals surface area contributed by atoms with E-state index in [4.69, 9.17) is 5.73 Å². The number of halogens is 1. The summed E-state index contributed by atoms with van der Waals surface area (Å²) in [4.78, 5) is 11.5. The maximum atomic E-state index is 14.0. The minimum Gasteiger partial charge on any atom is -0.377 e. The van der Waals surface area contributed by atoms with Gasteiger partial charge in [-0.05, 0) is 31.9 Å². The van der Waals surface area contributed by atoms with Gasteiger partial charge in [0.25, 0.3) is 5.91 Å². The van der Waals surface area contributed by atoms with E-state index < -0.39 is 11.6 Å². The van der Waals surface area contributed by atoms with Crippen molar-refractivity contribution in [2.75, 3.05) is 5.32 Å². The first-order valence-electron chi connectivity index (χ1n) is 6.23. The molecule has 3 N–H and O–H groups in total. The molecule has 0 aliphatic heterocycles. The predicted octanol–water partition coefficient (Wildman–Crippen LogP) is 1.74. The minimum atomic E-state index is -1.18. The number of nitrogens with two attached hydrogens (primary N) is 1. The standard InChI is InChI=1S/C13H15FN4O/c1-8(13(14)4-5-13)17-11-9(12(15)19)7-16-18-6-2-3-10(11)18/h2-3,6-8,17H,4-5H2,1H3,(H2,15,19)/t8-/m1/s1. The Morgan fingerprint density at radius 3 is 3.00 bits per heavy atom. The topological polar surface area (TPSA) is 72.4 Å². The molecule has 0 saturated heterocycles. The molecule has 2 heterocycles. The molecule has 3 rings (SSSR count). The lowest BCUT2D eigenvalue weighted by atomic mass is 10.1. The Labute approximate surface area is 109 Å². The van der Waals surface area contributed by atoms with Crippen LogP contribution in [-0.4, -0.2) is 27.2 Å². The lowest BCUT2D eigenvalue weighted by Gasteiger charge is -2.20. The van der Waals surface area contributed by atoms with E-state index in [0.717, 1.165) is 0 Å². The van der Waals surface area contributed by atoms with Crippen LogP contribution in [0, 0.1) is 0 Å². The minimum absolute atomic E-state index is 0.280. The summed E-state index contributed by atoms with van der Waals surface area (Å²) >= 11 is 0. The first-order valence-corrected chi connectivity index (χ1v) is 6.23. The first kappa shape index (κ1) is 12.0. The van der Waals surface area contributed by atoms with Crippen molar-refractivity contribution < 1.29 is 9.18 Å². The van der Waals surface area contributed by atoms with Crippen molar-refractivity contribution in [1.82, 2.24) is 9.61 Å². The molecule has 0 bridgehead atoms. The van der Waals surface area contributed by atoms with Crippen LogP contribution >= 0.6 is 0 Å². The molecule has 0 spiro atoms. The number of amides is 1. The zero-order valence-electron chi connectivity index (χ0n) is 10.6. The molecule has 5 nitrogen and oxygen atoms in total. The molecular weight excluding hydrogens is 247 g/mol. The average Bonchev–Trinajstić information content (AvgIpc) is 2.94. The number of hydrogen-bond acceptors (Lipinski definition) is 3. The zero-order valence-corrected chi connectivity index (χ0v) is 10.6. The van der Waals surface area contributed by atoms with Gasteiger partial charge in [-0.25, -0.2) is 8.91 Å². The third-order valence-corrected chi connectivity index (χ3v) is 3.69. The van der Waals surface area contributed by atoms with Crippen molar-refractivity contribution in [3.8, 4) is 0 Å². The van der Waals surface area contributed by atoms with Crippen molar-refractivity contribution in [1.29, 1.82) is 0 Å². The van der Waals surface area contributed by atoms with Crippen molar-refractivity contribution in [3.63, 3.8) is 0 Å². The van der Waals surface area contributed by atoms with Crippen molar-refractivity contribution in [2.24, 2.45) is 5.73 Å². The fraction of sp³-hybridized carbons (Fsp3) is 0.385. The van der Waals surface area contributed by atoms with E-state index >= 15 is 0 Å². The highest BCUT2D eigenvalue weighted by atomic mass is 19.1. The Morgan fingerprint density at radius 1 is 1.63 bits per heavy atom. The van der Waals surface area contributed by atoms with Gasteiger partial charge in [0.2, 0.25) is 0 Å². The van der Waals surface area contributed by atoms with Crippen LogP contribution in [0.25, 0.3) is 5.52 Å². The second kappa shape index (κ2) is 3.94. The molecule has 2 aromatic rings. The smallest absolute Gasteiger partial charge is 0.252 e. The molecule has 1 aliphatic rings. The quantitative estimate of drug-likeness (QED) is 0.881. The van der Waals surface area contributed by atoms with E-state index in [2.05, 4.69) is 10.4 Å². The second-order valence-corrected chi connectivity index (χ2v) is 5.04. The summed E-state index contributed by atoms with van der Waals surface area (Å²) in [6, 6.07) is 3.25. The molecule has 1 fully saturated rings. The lowest BCUT2D eigenvalue weighted by molar-refractivity contribution is 0.100. The SMILES string of the molecule is C[C@@H](Nc1c(C(N)=O)cnn2cccc12)C1(F)CC1. The Kier molecular flexibility index (Phi) is 2.48. The monoisotopic (exact) mass is 262 g/mol. The van der Waals surface area contributed by atoms with E-state index in [1.54, 1.807) is 17.6 Å². The van der Waals surface area contributed by atoms with Gasteiger partial charge >= 0.3 is 0 Å². The molecule has 100 valence electrons. The van der Waals surface area contributed by atoms with Gasteiger partial charge in [0, 0.05) is 6.20 Å². The van der Waals surface area contributed by atoms with Gasteiger partial charge in [-0.1, -0.05) is 0 Å². The molecule has 2 aromatic heterocycles. The number of alkyl halides is 1. The number of carbonyl (C=O) groups excluding carboxylic acids is 1. The number of nitrogens with one attached hydrogen (secondary N) is 1. The van der Waals surface area contributed by atoms with Gasteiger partial charge < -0.3 is 11.1 Å². The molecule has 0 unspecified atom stereocenters. The average molecular weight is 262 g/mol. The van der Waals surface area contributed by atoms with Crippen LogP contribution in [0.2, 0.25) is 0 Å². The zero-order chi connectivity index (χ0) is 13.6. The summed E-state index contributed by atoms with van der Waals surface area (Å²) in [5, 5.41) is 7.18. The molecular formula is C13H15FN4O. The number of rotatable bonds is 4. The molecule has 1 aliphatic carbocycles. The largest absolute Gasteiger partial charge is 0.377 e. The molecule has 0 radical (unpaired) electrons. The van der Waals surface area contributed by atoms with Gasteiger partial charge in [-0.2, -0.15) is 5.10 Å². The Morgan fingerprint density at radius 2 is 2.37 bits per heavy atom. The maximum Gasteiger partial charge on any atom is 0.252 e. The molecule has 19 heavy (non-hydrogen) atoms. The van der Waals surface area contributed by atoms with Crippen molar-refractivity contribution in [2.45, 2.75) is 31.5 Å². The summed E-state index contributed by atoms with van der Waals surface area (Å²) in [5.74, 6) is -0.574. The molecule has 0 aromatic carbocycles. The number of nitrogens with zero attached hydrogens (tertiary/aromatic N) is 2. The van der Waals surface area contributed by atoms with Gasteiger partial charge in [0.15, 0.2) is 0 Å². The molecule has 6 heteroatoms. The fourth-order valence-corrected chi connectivity index (χ4v) is 2.23. The van der Waals surface area contributed by atoms with Crippen molar-refractivity contribution >= 4 is 17.1 Å². The fourth-order valence-electron chi connectivity index (χ4n) is 2.23. The van der Waals surface area contributed by atoms with Crippen molar-refractivity contribution in [3.05, 3.63) is 30.1 Å². The van der Waals surface area contributed by atoms with Crippen LogP contribution in [0.5, 0.6) is 0 Å². The van der Waals surface area contributed by atoms with Gasteiger partial charge in [-0.15, -0.1) is 0 Å². The van der Waals surface area contributed by atoms with E-state index in [1.165, 1.54) is 6.20 Å². The Hall–Kier alpha value is -2.11. The second-order valence-electron chi connectivity index (χ2n) is 5.04. The summed E-state index contributed by atoms with van der Waals surface area (Å²) < 4.78 is 15.7. The number of primary amides is 1. The summed E-state index contributed by atoms with van der Waals surface area (Å²) in [5.41, 5.74) is 5.71. The van der Waals surface area contributed by atoms with Gasteiger partial charge in [0.05, 0.1) is 29.0 Å². The van der Waals surface area contributed by atoms with Crippen LogP contribution in [0.1, 0.15) is 30.1 Å². The predicted molar refractivity (Wildman–Crippen MR) is 69.9 cm³/mol. The summed E-state index contributed by atoms with van der Waals surface area (Å²) in [6.07, 6.45) is 4.27. The number of fused-ring (bicyclic) bond motifs is 1. The maximum absolute atomic E-state index is 14.0. The van der Waals surface area contributed by atoms with Crippen LogP contribution in [0.15, 0.2) is 24.5 Å². The number of anilines is 1. The normalized spacial score (nSPS) is 18.2. The lowest BCUT2D eigenvalue weighted by Crippen LogP contribution is -2.30. The van der Waals surface area contributed by atoms with Gasteiger partial charge in [-0.3, -0.25) is 4.79 Å². The van der Waals surface area contributed by atoms with Crippen LogP contribution in [-0.2, 0) is 0 Å². The van der Waals surface area contributed by atoms with E-state index in [-0.39, 0.29) is 11.6 Å². The Balaban J connectivity index is 2.06. The summed E-state index contributed by atoms with van der Waals surface area (Å²) in [6.45, 7) is 1.78. The summed E-state index contributed by atoms with van der Waals surface area (Å²) in [7, 11) is 0. The number of hydrogen-bond donors (Lipinski definition) is 2. The van der Waals surface area contributed by atoms with Gasteiger partial charge in [0.1, 0.15) is 5.67 Å². The van der Waals surface area contributed by atoms with Crippen LogP contribution in [0.4, 0.5) is 10.1 Å². The van der Waals surface area contributed by atoms with E-state index in [9.17, 15) is 9.18 Å². The highest BCUT2D eigenvalue weighted by Gasteiger charge is 2.48. The number of aromatic nitrogens is 2. The molecule has 1 saturated carbocycles. The first-order chi connectivity index (χ1) is 9.01. The third-order valence-electron chi connectivity index (χ3n) is 3.69. The van der Waals surface area contributed by atoms with E-state index in [1.807, 2.05) is 12.1 Å². The highest BCUT2D eigenvalue weighted by Crippen LogP contribution is 2.44.